The number of hydrogen-bond acceptors (Lipinski definition) is 3. The van der Waals surface area contributed by atoms with Gasteiger partial charge < -0.3 is 14.5 Å². The molecule has 0 N–H and O–H groups in total. The Kier molecular flexibility index (Phi) is 4.76. The van der Waals surface area contributed by atoms with Gasteiger partial charge in [0.15, 0.2) is 0 Å². The van der Waals surface area contributed by atoms with Gasteiger partial charge in [-0.05, 0) is 73.5 Å². The van der Waals surface area contributed by atoms with E-state index >= 15 is 0 Å². The molecule has 0 bridgehead atoms. The molecule has 5 aliphatic rings. The third-order valence-corrected chi connectivity index (χ3v) is 10.2. The molecule has 5 fully saturated rings. The summed E-state index contributed by atoms with van der Waals surface area (Å²) in [6, 6.07) is 0.418. The largest absolute Gasteiger partial charge is 0.378 e. The maximum absolute atomic E-state index is 13.4. The van der Waals surface area contributed by atoms with Crippen molar-refractivity contribution in [1.82, 2.24) is 9.80 Å². The lowest BCUT2D eigenvalue weighted by Gasteiger charge is -2.61. The summed E-state index contributed by atoms with van der Waals surface area (Å²) in [5, 5.41) is 0. The molecule has 0 radical (unpaired) electrons. The third kappa shape index (κ3) is 2.82. The first-order valence-electron chi connectivity index (χ1n) is 12.0. The lowest BCUT2D eigenvalue weighted by atomic mass is 9.47. The van der Waals surface area contributed by atoms with E-state index in [9.17, 15) is 9.59 Å². The van der Waals surface area contributed by atoms with Crippen molar-refractivity contribution >= 4 is 11.8 Å². The SMILES string of the molecule is CN1C(=O)CC[C@]2(C)[C@H]3CC[C@]4(C)[C@@H](C(=O)N5CCOCC5)CC[C@H]4[C@@H]3CC[C@@H]12. The van der Waals surface area contributed by atoms with Crippen LogP contribution in [-0.2, 0) is 14.3 Å². The minimum Gasteiger partial charge on any atom is -0.378 e. The molecular weight excluding hydrogens is 364 g/mol. The lowest BCUT2D eigenvalue weighted by molar-refractivity contribution is -0.162. The van der Waals surface area contributed by atoms with E-state index in [-0.39, 0.29) is 16.7 Å². The molecule has 2 heterocycles. The van der Waals surface area contributed by atoms with E-state index in [0.29, 0.717) is 49.3 Å². The summed E-state index contributed by atoms with van der Waals surface area (Å²) in [7, 11) is 2.03. The van der Waals surface area contributed by atoms with Crippen LogP contribution in [0.4, 0.5) is 0 Å². The van der Waals surface area contributed by atoms with E-state index in [4.69, 9.17) is 4.74 Å². The van der Waals surface area contributed by atoms with E-state index in [1.54, 1.807) is 0 Å². The Labute approximate surface area is 175 Å². The van der Waals surface area contributed by atoms with Crippen LogP contribution >= 0.6 is 0 Å². The van der Waals surface area contributed by atoms with Crippen LogP contribution in [0.3, 0.4) is 0 Å². The van der Waals surface area contributed by atoms with Crippen LogP contribution in [0, 0.1) is 34.5 Å². The monoisotopic (exact) mass is 402 g/mol. The van der Waals surface area contributed by atoms with E-state index in [1.165, 1.54) is 25.7 Å². The Morgan fingerprint density at radius 2 is 1.69 bits per heavy atom. The molecule has 0 unspecified atom stereocenters. The standard InChI is InChI=1S/C24H38N2O3/c1-23-10-8-18-16(4-7-20-24(18,2)11-9-21(27)25(20)3)17(23)5-6-19(23)22(28)26-12-14-29-15-13-26/h16-20H,4-15H2,1-3H3/t16-,17-,18-,19+,20+,23-,24+/m0/s1. The Morgan fingerprint density at radius 1 is 0.966 bits per heavy atom. The molecule has 3 aliphatic carbocycles. The number of carbonyl (C=O) groups is 2. The summed E-state index contributed by atoms with van der Waals surface area (Å²) >= 11 is 0. The molecule has 0 aromatic carbocycles. The topological polar surface area (TPSA) is 49.9 Å². The first-order valence-corrected chi connectivity index (χ1v) is 12.0. The normalized spacial score (nSPS) is 47.4. The van der Waals surface area contributed by atoms with E-state index in [2.05, 4.69) is 23.6 Å². The fourth-order valence-electron chi connectivity index (χ4n) is 8.56. The van der Waals surface area contributed by atoms with Crippen LogP contribution in [0.5, 0.6) is 0 Å². The molecule has 0 spiro atoms. The van der Waals surface area contributed by atoms with Gasteiger partial charge in [-0.15, -0.1) is 0 Å². The number of morpholine rings is 1. The van der Waals surface area contributed by atoms with Gasteiger partial charge in [0.05, 0.1) is 13.2 Å². The molecule has 0 aromatic heterocycles. The molecule has 0 aromatic rings. The van der Waals surface area contributed by atoms with Crippen LogP contribution < -0.4 is 0 Å². The molecule has 5 heteroatoms. The van der Waals surface area contributed by atoms with Crippen molar-refractivity contribution in [1.29, 1.82) is 0 Å². The van der Waals surface area contributed by atoms with Gasteiger partial charge in [0.2, 0.25) is 11.8 Å². The van der Waals surface area contributed by atoms with Crippen LogP contribution in [0.25, 0.3) is 0 Å². The van der Waals surface area contributed by atoms with Gasteiger partial charge in [-0.3, -0.25) is 9.59 Å². The van der Waals surface area contributed by atoms with Crippen LogP contribution in [0.1, 0.15) is 65.2 Å². The highest BCUT2D eigenvalue weighted by atomic mass is 16.5. The molecule has 5 nitrogen and oxygen atoms in total. The first kappa shape index (κ1) is 19.8. The molecule has 2 saturated heterocycles. The second-order valence-corrected chi connectivity index (χ2v) is 11.1. The highest BCUT2D eigenvalue weighted by molar-refractivity contribution is 5.80. The Hall–Kier alpha value is -1.10. The average Bonchev–Trinajstić information content (AvgIpc) is 3.08. The quantitative estimate of drug-likeness (QED) is 0.676. The molecule has 29 heavy (non-hydrogen) atoms. The van der Waals surface area contributed by atoms with Gasteiger partial charge in [0, 0.05) is 38.5 Å². The number of amides is 2. The second-order valence-electron chi connectivity index (χ2n) is 11.1. The van der Waals surface area contributed by atoms with Crippen LogP contribution in [0.2, 0.25) is 0 Å². The fraction of sp³-hybridized carbons (Fsp3) is 0.917. The van der Waals surface area contributed by atoms with Crippen molar-refractivity contribution in [3.63, 3.8) is 0 Å². The van der Waals surface area contributed by atoms with E-state index in [1.807, 2.05) is 7.05 Å². The van der Waals surface area contributed by atoms with Gasteiger partial charge in [-0.2, -0.15) is 0 Å². The smallest absolute Gasteiger partial charge is 0.226 e. The zero-order chi connectivity index (χ0) is 20.4. The molecule has 3 saturated carbocycles. The van der Waals surface area contributed by atoms with Crippen molar-refractivity contribution < 1.29 is 14.3 Å². The predicted octanol–water partition coefficient (Wildman–Crippen LogP) is 3.32. The minimum absolute atomic E-state index is 0.163. The van der Waals surface area contributed by atoms with Crippen molar-refractivity contribution in [3.8, 4) is 0 Å². The molecule has 2 aliphatic heterocycles. The Bertz CT molecular complexity index is 690. The summed E-state index contributed by atoms with van der Waals surface area (Å²) in [5.41, 5.74) is 0.426. The zero-order valence-electron chi connectivity index (χ0n) is 18.5. The number of piperidine rings is 1. The number of ether oxygens (including phenoxy) is 1. The highest BCUT2D eigenvalue weighted by Crippen LogP contribution is 2.66. The Morgan fingerprint density at radius 3 is 2.45 bits per heavy atom. The molecule has 5 rings (SSSR count). The number of rotatable bonds is 1. The van der Waals surface area contributed by atoms with E-state index in [0.717, 1.165) is 38.3 Å². The van der Waals surface area contributed by atoms with Gasteiger partial charge in [0.1, 0.15) is 0 Å². The van der Waals surface area contributed by atoms with Gasteiger partial charge in [-0.1, -0.05) is 13.8 Å². The number of likely N-dealkylation sites (tertiary alicyclic amines) is 1. The van der Waals surface area contributed by atoms with Crippen molar-refractivity contribution in [3.05, 3.63) is 0 Å². The molecule has 2 amide bonds. The summed E-state index contributed by atoms with van der Waals surface area (Å²) in [4.78, 5) is 29.9. The average molecular weight is 403 g/mol. The highest BCUT2D eigenvalue weighted by Gasteiger charge is 2.62. The summed E-state index contributed by atoms with van der Waals surface area (Å²) in [6.45, 7) is 7.83. The number of carbonyl (C=O) groups excluding carboxylic acids is 2. The van der Waals surface area contributed by atoms with Crippen molar-refractivity contribution in [2.75, 3.05) is 33.4 Å². The van der Waals surface area contributed by atoms with Gasteiger partial charge in [0.25, 0.3) is 0 Å². The maximum Gasteiger partial charge on any atom is 0.226 e. The van der Waals surface area contributed by atoms with Crippen LogP contribution in [-0.4, -0.2) is 61.0 Å². The summed E-state index contributed by atoms with van der Waals surface area (Å²) in [6.07, 6.45) is 8.86. The summed E-state index contributed by atoms with van der Waals surface area (Å²) in [5.74, 6) is 3.07. The number of hydrogen-bond donors (Lipinski definition) is 0. The summed E-state index contributed by atoms with van der Waals surface area (Å²) < 4.78 is 5.47. The van der Waals surface area contributed by atoms with Gasteiger partial charge in [-0.25, -0.2) is 0 Å². The zero-order valence-corrected chi connectivity index (χ0v) is 18.5. The molecule has 162 valence electrons. The Balaban J connectivity index is 1.37. The predicted molar refractivity (Wildman–Crippen MR) is 111 cm³/mol. The molecule has 7 atom stereocenters. The van der Waals surface area contributed by atoms with Crippen molar-refractivity contribution in [2.24, 2.45) is 34.5 Å². The lowest BCUT2D eigenvalue weighted by Crippen LogP contribution is -2.61. The number of nitrogens with zero attached hydrogens (tertiary/aromatic N) is 2. The number of fused-ring (bicyclic) bond motifs is 5. The van der Waals surface area contributed by atoms with E-state index < -0.39 is 0 Å². The maximum atomic E-state index is 13.4. The van der Waals surface area contributed by atoms with Crippen LogP contribution in [0.15, 0.2) is 0 Å². The first-order chi connectivity index (χ1) is 13.9. The fourth-order valence-corrected chi connectivity index (χ4v) is 8.56. The second kappa shape index (κ2) is 6.96. The van der Waals surface area contributed by atoms with Gasteiger partial charge >= 0.3 is 0 Å². The minimum atomic E-state index is 0.163. The van der Waals surface area contributed by atoms with Crippen molar-refractivity contribution in [2.45, 2.75) is 71.3 Å². The third-order valence-electron chi connectivity index (χ3n) is 10.2. The molecular formula is C24H38N2O3.